The summed E-state index contributed by atoms with van der Waals surface area (Å²) in [6.07, 6.45) is 0.691. The van der Waals surface area contributed by atoms with Crippen molar-refractivity contribution in [2.24, 2.45) is 11.8 Å². The van der Waals surface area contributed by atoms with Gasteiger partial charge in [-0.2, -0.15) is 0 Å². The van der Waals surface area contributed by atoms with Gasteiger partial charge in [-0.25, -0.2) is 9.69 Å². The first-order valence-electron chi connectivity index (χ1n) is 10.9. The number of hydrogen-bond acceptors (Lipinski definition) is 3. The summed E-state index contributed by atoms with van der Waals surface area (Å²) in [5, 5.41) is 9.41. The Morgan fingerprint density at radius 2 is 1.53 bits per heavy atom. The first-order valence-corrected chi connectivity index (χ1v) is 10.9. The molecule has 2 bridgehead atoms. The van der Waals surface area contributed by atoms with Crippen molar-refractivity contribution >= 4 is 23.5 Å². The van der Waals surface area contributed by atoms with E-state index >= 15 is 0 Å². The van der Waals surface area contributed by atoms with Gasteiger partial charge in [0.05, 0.1) is 23.1 Å². The number of carboxylic acid groups (broad SMARTS) is 1. The molecule has 2 amide bonds. The van der Waals surface area contributed by atoms with Crippen LogP contribution in [0.2, 0.25) is 0 Å². The summed E-state index contributed by atoms with van der Waals surface area (Å²) >= 11 is 0. The van der Waals surface area contributed by atoms with Crippen molar-refractivity contribution in [2.45, 2.75) is 24.7 Å². The van der Waals surface area contributed by atoms with Gasteiger partial charge in [0, 0.05) is 11.3 Å². The summed E-state index contributed by atoms with van der Waals surface area (Å²) in [7, 11) is 0. The molecule has 0 saturated carbocycles. The second-order valence-electron chi connectivity index (χ2n) is 8.85. The molecule has 1 saturated heterocycles. The molecule has 0 radical (unpaired) electrons. The first-order chi connectivity index (χ1) is 15.5. The van der Waals surface area contributed by atoms with Crippen LogP contribution in [0.15, 0.2) is 72.8 Å². The molecule has 1 heterocycles. The van der Waals surface area contributed by atoms with Crippen LogP contribution in [-0.2, 0) is 15.0 Å². The Bertz CT molecular complexity index is 1280. The average Bonchev–Trinajstić information content (AvgIpc) is 3.10. The normalized spacial score (nSPS) is 27.2. The highest BCUT2D eigenvalue weighted by molar-refractivity contribution is 6.24. The minimum Gasteiger partial charge on any atom is -0.478 e. The third-order valence-corrected chi connectivity index (χ3v) is 7.70. The van der Waals surface area contributed by atoms with Crippen molar-refractivity contribution in [2.75, 3.05) is 4.90 Å². The van der Waals surface area contributed by atoms with Gasteiger partial charge in [0.1, 0.15) is 0 Å². The SMILES string of the molecule is CCC12c3ccccc3C(c3ccccc31)[C@@H]1C(=O)N(c3cccc(C(=O)O)c3)C(=O)[C@@H]12. The van der Waals surface area contributed by atoms with E-state index in [0.717, 1.165) is 22.3 Å². The van der Waals surface area contributed by atoms with E-state index in [1.54, 1.807) is 12.1 Å². The van der Waals surface area contributed by atoms with Gasteiger partial charge in [0.2, 0.25) is 11.8 Å². The van der Waals surface area contributed by atoms with Gasteiger partial charge in [-0.15, -0.1) is 0 Å². The van der Waals surface area contributed by atoms with Crippen LogP contribution in [0.25, 0.3) is 0 Å². The number of aromatic carboxylic acids is 1. The van der Waals surface area contributed by atoms with Crippen LogP contribution >= 0.6 is 0 Å². The highest BCUT2D eigenvalue weighted by Gasteiger charge is 2.67. The molecule has 1 aliphatic heterocycles. The Hall–Kier alpha value is -3.73. The zero-order valence-electron chi connectivity index (χ0n) is 17.5. The van der Waals surface area contributed by atoms with E-state index in [1.807, 2.05) is 24.3 Å². The lowest BCUT2D eigenvalue weighted by Crippen LogP contribution is -2.53. The standard InChI is InChI=1S/C27H21NO4/c1-2-27-19-12-5-3-10-17(19)21(18-11-4-6-13-20(18)27)22-23(27)25(30)28(24(22)29)16-9-7-8-15(14-16)26(31)32/h3-14,21-23H,2H2,1H3,(H,31,32)/t21?,22-,23+,27?/m0/s1. The Balaban J connectivity index is 1.61. The van der Waals surface area contributed by atoms with Crippen LogP contribution in [0.4, 0.5) is 5.69 Å². The third kappa shape index (κ3) is 2.11. The maximum Gasteiger partial charge on any atom is 0.335 e. The summed E-state index contributed by atoms with van der Waals surface area (Å²) in [5.41, 5.74) is 4.31. The smallest absolute Gasteiger partial charge is 0.335 e. The summed E-state index contributed by atoms with van der Waals surface area (Å²) < 4.78 is 0. The molecule has 3 aliphatic carbocycles. The number of benzene rings is 3. The Labute approximate surface area is 185 Å². The fourth-order valence-electron chi connectivity index (χ4n) is 6.56. The summed E-state index contributed by atoms with van der Waals surface area (Å²) in [4.78, 5) is 40.6. The van der Waals surface area contributed by atoms with Gasteiger partial charge in [0.15, 0.2) is 0 Å². The molecule has 3 aromatic rings. The Morgan fingerprint density at radius 3 is 2.12 bits per heavy atom. The van der Waals surface area contributed by atoms with E-state index in [-0.39, 0.29) is 23.3 Å². The number of anilines is 1. The topological polar surface area (TPSA) is 74.7 Å². The van der Waals surface area contributed by atoms with Crippen molar-refractivity contribution in [1.29, 1.82) is 0 Å². The van der Waals surface area contributed by atoms with Gasteiger partial charge in [-0.3, -0.25) is 9.59 Å². The van der Waals surface area contributed by atoms with E-state index in [1.165, 1.54) is 17.0 Å². The van der Waals surface area contributed by atoms with Crippen LogP contribution in [0.5, 0.6) is 0 Å². The zero-order chi connectivity index (χ0) is 22.2. The number of imide groups is 1. The molecule has 4 aliphatic rings. The molecule has 7 rings (SSSR count). The Morgan fingerprint density at radius 1 is 0.906 bits per heavy atom. The number of carboxylic acids is 1. The lowest BCUT2D eigenvalue weighted by molar-refractivity contribution is -0.123. The molecular weight excluding hydrogens is 402 g/mol. The first kappa shape index (κ1) is 19.0. The van der Waals surface area contributed by atoms with Crippen molar-refractivity contribution < 1.29 is 19.5 Å². The van der Waals surface area contributed by atoms with Crippen LogP contribution < -0.4 is 4.90 Å². The molecule has 1 fully saturated rings. The third-order valence-electron chi connectivity index (χ3n) is 7.70. The van der Waals surface area contributed by atoms with Crippen LogP contribution in [-0.4, -0.2) is 22.9 Å². The fourth-order valence-corrected chi connectivity index (χ4v) is 6.56. The molecule has 0 aromatic heterocycles. The summed E-state index contributed by atoms with van der Waals surface area (Å²) in [6.45, 7) is 2.09. The van der Waals surface area contributed by atoms with E-state index in [4.69, 9.17) is 0 Å². The molecule has 5 nitrogen and oxygen atoms in total. The molecule has 158 valence electrons. The lowest BCUT2D eigenvalue weighted by Gasteiger charge is -2.54. The van der Waals surface area contributed by atoms with Crippen LogP contribution in [0.1, 0.15) is 51.9 Å². The van der Waals surface area contributed by atoms with Crippen LogP contribution in [0.3, 0.4) is 0 Å². The Kier molecular flexibility index (Phi) is 3.79. The molecule has 2 atom stereocenters. The minimum absolute atomic E-state index is 0.0534. The summed E-state index contributed by atoms with van der Waals surface area (Å²) in [6, 6.07) is 22.5. The number of carbonyl (C=O) groups excluding carboxylic acids is 2. The van der Waals surface area contributed by atoms with Crippen molar-refractivity contribution in [3.8, 4) is 0 Å². The fraction of sp³-hybridized carbons (Fsp3) is 0.222. The van der Waals surface area contributed by atoms with Gasteiger partial charge in [-0.1, -0.05) is 61.5 Å². The van der Waals surface area contributed by atoms with Crippen molar-refractivity contribution in [1.82, 2.24) is 0 Å². The average molecular weight is 423 g/mol. The molecule has 3 aromatic carbocycles. The predicted octanol–water partition coefficient (Wildman–Crippen LogP) is 4.35. The van der Waals surface area contributed by atoms with Crippen molar-refractivity contribution in [3.63, 3.8) is 0 Å². The number of amides is 2. The highest BCUT2D eigenvalue weighted by atomic mass is 16.4. The maximum atomic E-state index is 14.0. The van der Waals surface area contributed by atoms with Gasteiger partial charge >= 0.3 is 5.97 Å². The predicted molar refractivity (Wildman–Crippen MR) is 119 cm³/mol. The monoisotopic (exact) mass is 423 g/mol. The van der Waals surface area contributed by atoms with Gasteiger partial charge < -0.3 is 5.11 Å². The lowest BCUT2D eigenvalue weighted by atomic mass is 9.46. The van der Waals surface area contributed by atoms with Crippen molar-refractivity contribution in [3.05, 3.63) is 101 Å². The van der Waals surface area contributed by atoms with Gasteiger partial charge in [0.25, 0.3) is 0 Å². The second kappa shape index (κ2) is 6.39. The number of nitrogens with zero attached hydrogens (tertiary/aromatic N) is 1. The van der Waals surface area contributed by atoms with E-state index < -0.39 is 23.2 Å². The van der Waals surface area contributed by atoms with Crippen LogP contribution in [0, 0.1) is 11.8 Å². The quantitative estimate of drug-likeness (QED) is 0.636. The molecule has 0 unspecified atom stereocenters. The summed E-state index contributed by atoms with van der Waals surface area (Å²) in [5.74, 6) is -2.77. The number of carbonyl (C=O) groups is 3. The second-order valence-corrected chi connectivity index (χ2v) is 8.85. The molecule has 32 heavy (non-hydrogen) atoms. The number of hydrogen-bond donors (Lipinski definition) is 1. The minimum atomic E-state index is -1.09. The molecule has 0 spiro atoms. The van der Waals surface area contributed by atoms with Gasteiger partial charge in [-0.05, 0) is 46.9 Å². The van der Waals surface area contributed by atoms with E-state index in [2.05, 4.69) is 31.2 Å². The highest BCUT2D eigenvalue weighted by Crippen LogP contribution is 2.65. The van der Waals surface area contributed by atoms with E-state index in [9.17, 15) is 19.5 Å². The number of rotatable bonds is 3. The maximum absolute atomic E-state index is 14.0. The largest absolute Gasteiger partial charge is 0.478 e. The van der Waals surface area contributed by atoms with E-state index in [0.29, 0.717) is 12.1 Å². The molecular formula is C27H21NO4. The molecule has 1 N–H and O–H groups in total. The molecule has 5 heteroatoms. The zero-order valence-corrected chi connectivity index (χ0v) is 17.5.